The zero-order valence-electron chi connectivity index (χ0n) is 31.1. The highest BCUT2D eigenvalue weighted by Gasteiger charge is 2.32. The minimum Gasteiger partial charge on any atom is -0.445 e. The summed E-state index contributed by atoms with van der Waals surface area (Å²) >= 11 is 0. The van der Waals surface area contributed by atoms with Crippen molar-refractivity contribution < 1.29 is 83.7 Å². The van der Waals surface area contributed by atoms with E-state index in [0.717, 1.165) is 0 Å². The highest BCUT2D eigenvalue weighted by atomic mass is 19.2. The molecular formula is C36H49F5N2O13. The zero-order chi connectivity index (χ0) is 40.8. The maximum atomic E-state index is 14.1. The standard InChI is InChI=1S/C36H49F5N2O13/c1-47-11-12-49-15-16-51-19-20-53-23-24-54-22-21-52-18-17-50-14-13-48-10-9-42-28(44)8-7-27(43-36(46)55-25-26-5-3-2-4-6-26)35(45)56-34-32(40)30(38)29(37)31(39)33(34)41/h2-6,27H,7-25H2,1H3,(H,42,44)(H,43,46)/t27-/m0/s1. The number of ether oxygens (including phenoxy) is 10. The van der Waals surface area contributed by atoms with Gasteiger partial charge in [0.2, 0.25) is 40.7 Å². The molecule has 2 aromatic rings. The number of halogens is 5. The highest BCUT2D eigenvalue weighted by molar-refractivity contribution is 5.84. The van der Waals surface area contributed by atoms with E-state index in [2.05, 4.69) is 15.4 Å². The van der Waals surface area contributed by atoms with Crippen molar-refractivity contribution in [3.05, 3.63) is 65.0 Å². The minimum absolute atomic E-state index is 0.0537. The van der Waals surface area contributed by atoms with Gasteiger partial charge in [0, 0.05) is 20.1 Å². The van der Waals surface area contributed by atoms with Crippen molar-refractivity contribution >= 4 is 18.0 Å². The summed E-state index contributed by atoms with van der Waals surface area (Å²) in [5, 5.41) is 4.60. The Labute approximate surface area is 321 Å². The topological polar surface area (TPSA) is 168 Å². The van der Waals surface area contributed by atoms with E-state index in [1.165, 1.54) is 0 Å². The molecular weight excluding hydrogens is 763 g/mol. The third-order valence-electron chi connectivity index (χ3n) is 7.05. The Kier molecular flexibility index (Phi) is 25.9. The number of amides is 2. The molecule has 0 fully saturated rings. The van der Waals surface area contributed by atoms with E-state index in [9.17, 15) is 36.3 Å². The fraction of sp³-hybridized carbons (Fsp3) is 0.583. The summed E-state index contributed by atoms with van der Waals surface area (Å²) in [4.78, 5) is 37.6. The van der Waals surface area contributed by atoms with Crippen molar-refractivity contribution in [3.8, 4) is 5.75 Å². The van der Waals surface area contributed by atoms with Crippen LogP contribution in [0, 0.1) is 29.1 Å². The van der Waals surface area contributed by atoms with E-state index in [1.54, 1.807) is 37.4 Å². The zero-order valence-corrected chi connectivity index (χ0v) is 31.1. The maximum absolute atomic E-state index is 14.1. The van der Waals surface area contributed by atoms with Gasteiger partial charge >= 0.3 is 12.1 Å². The Balaban J connectivity index is 1.56. The molecule has 15 nitrogen and oxygen atoms in total. The average molecular weight is 813 g/mol. The number of nitrogens with one attached hydrogen (secondary N) is 2. The van der Waals surface area contributed by atoms with Crippen LogP contribution in [0.25, 0.3) is 0 Å². The van der Waals surface area contributed by atoms with E-state index >= 15 is 0 Å². The van der Waals surface area contributed by atoms with Crippen LogP contribution < -0.4 is 15.4 Å². The normalized spacial score (nSPS) is 11.7. The second-order valence-corrected chi connectivity index (χ2v) is 11.2. The number of carbonyl (C=O) groups is 3. The molecule has 316 valence electrons. The van der Waals surface area contributed by atoms with E-state index in [1.807, 2.05) is 0 Å². The number of esters is 1. The fourth-order valence-corrected chi connectivity index (χ4v) is 4.19. The monoisotopic (exact) mass is 812 g/mol. The quantitative estimate of drug-likeness (QED) is 0.0276. The van der Waals surface area contributed by atoms with Crippen molar-refractivity contribution in [3.63, 3.8) is 0 Å². The third kappa shape index (κ3) is 20.8. The number of alkyl carbamates (subject to hydrolysis) is 1. The summed E-state index contributed by atoms with van der Waals surface area (Å²) in [5.41, 5.74) is 0.580. The molecule has 0 aromatic heterocycles. The molecule has 0 radical (unpaired) electrons. The molecule has 20 heteroatoms. The summed E-state index contributed by atoms with van der Waals surface area (Å²) in [7, 11) is 1.61. The van der Waals surface area contributed by atoms with Crippen LogP contribution in [-0.4, -0.2) is 137 Å². The first kappa shape index (κ1) is 48.1. The van der Waals surface area contributed by atoms with Gasteiger partial charge in [-0.2, -0.15) is 8.78 Å². The Hall–Kier alpha value is -4.02. The van der Waals surface area contributed by atoms with Gasteiger partial charge in [-0.15, -0.1) is 0 Å². The lowest BCUT2D eigenvalue weighted by atomic mass is 10.1. The predicted octanol–water partition coefficient (Wildman–Crippen LogP) is 3.24. The summed E-state index contributed by atoms with van der Waals surface area (Å²) in [6, 6.07) is 6.58. The van der Waals surface area contributed by atoms with Gasteiger partial charge in [-0.25, -0.2) is 22.8 Å². The summed E-state index contributed by atoms with van der Waals surface area (Å²) in [5.74, 6) is -16.0. The first-order chi connectivity index (χ1) is 27.1. The smallest absolute Gasteiger partial charge is 0.408 e. The molecule has 56 heavy (non-hydrogen) atoms. The van der Waals surface area contributed by atoms with Gasteiger partial charge in [0.25, 0.3) is 0 Å². The Morgan fingerprint density at radius 1 is 0.589 bits per heavy atom. The van der Waals surface area contributed by atoms with E-state index < -0.39 is 71.7 Å². The van der Waals surface area contributed by atoms with Crippen molar-refractivity contribution in [1.29, 1.82) is 0 Å². The van der Waals surface area contributed by atoms with Gasteiger partial charge in [0.1, 0.15) is 12.6 Å². The van der Waals surface area contributed by atoms with Crippen LogP contribution in [0.5, 0.6) is 5.75 Å². The first-order valence-corrected chi connectivity index (χ1v) is 17.7. The van der Waals surface area contributed by atoms with E-state index in [0.29, 0.717) is 84.8 Å². The number of benzene rings is 2. The van der Waals surface area contributed by atoms with Crippen LogP contribution in [0.1, 0.15) is 18.4 Å². The first-order valence-electron chi connectivity index (χ1n) is 17.7. The molecule has 0 aliphatic carbocycles. The number of carbonyl (C=O) groups excluding carboxylic acids is 3. The number of methoxy groups -OCH3 is 1. The van der Waals surface area contributed by atoms with Crippen molar-refractivity contribution in [2.45, 2.75) is 25.5 Å². The van der Waals surface area contributed by atoms with E-state index in [4.69, 9.17) is 42.6 Å². The fourth-order valence-electron chi connectivity index (χ4n) is 4.19. The van der Waals surface area contributed by atoms with E-state index in [-0.39, 0.29) is 33.0 Å². The Morgan fingerprint density at radius 2 is 1.02 bits per heavy atom. The summed E-state index contributed by atoms with van der Waals surface area (Å²) in [6.45, 7) is 5.69. The molecule has 2 N–H and O–H groups in total. The molecule has 2 aromatic carbocycles. The van der Waals surface area contributed by atoms with Crippen LogP contribution in [0.4, 0.5) is 26.7 Å². The highest BCUT2D eigenvalue weighted by Crippen LogP contribution is 2.29. The number of hydrogen-bond acceptors (Lipinski definition) is 13. The van der Waals surface area contributed by atoms with Crippen molar-refractivity contribution in [1.82, 2.24) is 10.6 Å². The molecule has 0 unspecified atom stereocenters. The lowest BCUT2D eigenvalue weighted by Gasteiger charge is -2.18. The second-order valence-electron chi connectivity index (χ2n) is 11.2. The summed E-state index contributed by atoms with van der Waals surface area (Å²) in [6.07, 6.45) is -2.11. The van der Waals surface area contributed by atoms with Crippen LogP contribution in [0.2, 0.25) is 0 Å². The van der Waals surface area contributed by atoms with Gasteiger partial charge < -0.3 is 58.0 Å². The van der Waals surface area contributed by atoms with Crippen LogP contribution in [0.3, 0.4) is 0 Å². The van der Waals surface area contributed by atoms with Gasteiger partial charge in [0.15, 0.2) is 0 Å². The SMILES string of the molecule is COCCOCCOCCOCCOCCOCCOCCOCCNC(=O)CC[C@H](NC(=O)OCc1ccccc1)C(=O)Oc1c(F)c(F)c(F)c(F)c1F. The van der Waals surface area contributed by atoms with Crippen molar-refractivity contribution in [2.24, 2.45) is 0 Å². The third-order valence-corrected chi connectivity index (χ3v) is 7.05. The molecule has 0 saturated heterocycles. The molecule has 0 spiro atoms. The molecule has 0 heterocycles. The molecule has 0 aliphatic heterocycles. The lowest BCUT2D eigenvalue weighted by Crippen LogP contribution is -2.44. The van der Waals surface area contributed by atoms with Gasteiger partial charge in [-0.1, -0.05) is 30.3 Å². The van der Waals surface area contributed by atoms with Crippen LogP contribution in [-0.2, 0) is 58.8 Å². The molecule has 2 amide bonds. The maximum Gasteiger partial charge on any atom is 0.408 e. The molecule has 1 atom stereocenters. The second kappa shape index (κ2) is 30.2. The van der Waals surface area contributed by atoms with Crippen LogP contribution >= 0.6 is 0 Å². The van der Waals surface area contributed by atoms with Gasteiger partial charge in [-0.05, 0) is 12.0 Å². The van der Waals surface area contributed by atoms with Crippen LogP contribution in [0.15, 0.2) is 30.3 Å². The molecule has 0 aliphatic rings. The average Bonchev–Trinajstić information content (AvgIpc) is 3.20. The van der Waals surface area contributed by atoms with Gasteiger partial charge in [-0.3, -0.25) is 4.79 Å². The Morgan fingerprint density at radius 3 is 1.48 bits per heavy atom. The largest absolute Gasteiger partial charge is 0.445 e. The van der Waals surface area contributed by atoms with Crippen molar-refractivity contribution in [2.75, 3.05) is 113 Å². The molecule has 0 bridgehead atoms. The number of rotatable bonds is 32. The van der Waals surface area contributed by atoms with Gasteiger partial charge in [0.05, 0.1) is 99.1 Å². The molecule has 2 rings (SSSR count). The molecule has 0 saturated carbocycles. The Bertz CT molecular complexity index is 1390. The minimum atomic E-state index is -2.45. The summed E-state index contributed by atoms with van der Waals surface area (Å²) < 4.78 is 121. The number of hydrogen-bond donors (Lipinski definition) is 2. The predicted molar refractivity (Wildman–Crippen MR) is 185 cm³/mol. The lowest BCUT2D eigenvalue weighted by molar-refractivity contribution is -0.137.